The van der Waals surface area contributed by atoms with Gasteiger partial charge in [-0.15, -0.1) is 0 Å². The minimum atomic E-state index is -0.805. The zero-order valence-electron chi connectivity index (χ0n) is 11.4. The minimum Gasteiger partial charge on any atom is -0.383 e. The van der Waals surface area contributed by atoms with Crippen LogP contribution in [0.3, 0.4) is 0 Å². The molecule has 0 aromatic rings. The molecule has 102 valence electrons. The first-order valence-electron chi connectivity index (χ1n) is 6.28. The van der Waals surface area contributed by atoms with Crippen molar-refractivity contribution in [2.45, 2.75) is 19.8 Å². The molecular formula is C13H22N2O3. The van der Waals surface area contributed by atoms with Gasteiger partial charge in [0, 0.05) is 27.3 Å². The van der Waals surface area contributed by atoms with Crippen molar-refractivity contribution in [2.75, 3.05) is 40.5 Å². The van der Waals surface area contributed by atoms with E-state index in [1.807, 2.05) is 0 Å². The summed E-state index contributed by atoms with van der Waals surface area (Å²) in [5.74, 6) is 0.387. The number of carbonyl (C=O) groups is 1. The molecule has 0 heterocycles. The molecule has 0 bridgehead atoms. The van der Waals surface area contributed by atoms with Gasteiger partial charge in [-0.05, 0) is 18.8 Å². The van der Waals surface area contributed by atoms with Crippen molar-refractivity contribution in [3.63, 3.8) is 0 Å². The maximum Gasteiger partial charge on any atom is 0.243 e. The molecular weight excluding hydrogens is 232 g/mol. The number of nitrogens with zero attached hydrogens (tertiary/aromatic N) is 2. The lowest BCUT2D eigenvalue weighted by atomic mass is 9.62. The zero-order valence-corrected chi connectivity index (χ0v) is 11.4. The molecule has 0 unspecified atom stereocenters. The third-order valence-electron chi connectivity index (χ3n) is 3.44. The fourth-order valence-electron chi connectivity index (χ4n) is 2.46. The van der Waals surface area contributed by atoms with E-state index in [0.29, 0.717) is 45.1 Å². The van der Waals surface area contributed by atoms with Crippen LogP contribution in [0.25, 0.3) is 0 Å². The van der Waals surface area contributed by atoms with Crippen LogP contribution < -0.4 is 0 Å². The van der Waals surface area contributed by atoms with E-state index in [4.69, 9.17) is 9.47 Å². The molecule has 0 atom stereocenters. The summed E-state index contributed by atoms with van der Waals surface area (Å²) in [4.78, 5) is 14.1. The molecule has 0 aliphatic heterocycles. The van der Waals surface area contributed by atoms with Crippen LogP contribution in [0.4, 0.5) is 0 Å². The van der Waals surface area contributed by atoms with Crippen LogP contribution in [0, 0.1) is 22.7 Å². The second-order valence-electron chi connectivity index (χ2n) is 4.99. The van der Waals surface area contributed by atoms with Crippen LogP contribution in [-0.2, 0) is 14.3 Å². The third-order valence-corrected chi connectivity index (χ3v) is 3.44. The second-order valence-corrected chi connectivity index (χ2v) is 4.99. The lowest BCUT2D eigenvalue weighted by molar-refractivity contribution is -0.146. The summed E-state index contributed by atoms with van der Waals surface area (Å²) in [6, 6.07) is 2.21. The van der Waals surface area contributed by atoms with Crippen molar-refractivity contribution < 1.29 is 14.3 Å². The smallest absolute Gasteiger partial charge is 0.243 e. The highest BCUT2D eigenvalue weighted by atomic mass is 16.5. The molecule has 18 heavy (non-hydrogen) atoms. The Balaban J connectivity index is 2.65. The van der Waals surface area contributed by atoms with Gasteiger partial charge in [-0.25, -0.2) is 0 Å². The molecule has 1 rings (SSSR count). The number of hydrogen-bond donors (Lipinski definition) is 0. The van der Waals surface area contributed by atoms with Gasteiger partial charge < -0.3 is 14.4 Å². The maximum atomic E-state index is 12.4. The van der Waals surface area contributed by atoms with Gasteiger partial charge in [-0.1, -0.05) is 6.92 Å². The number of methoxy groups -OCH3 is 2. The molecule has 0 aromatic heterocycles. The van der Waals surface area contributed by atoms with Gasteiger partial charge in [0.05, 0.1) is 19.3 Å². The van der Waals surface area contributed by atoms with Gasteiger partial charge in [-0.2, -0.15) is 5.26 Å². The van der Waals surface area contributed by atoms with E-state index < -0.39 is 5.41 Å². The molecule has 1 saturated carbocycles. The lowest BCUT2D eigenvalue weighted by Crippen LogP contribution is -2.51. The molecule has 0 N–H and O–H groups in total. The summed E-state index contributed by atoms with van der Waals surface area (Å²) < 4.78 is 10.0. The Bertz CT molecular complexity index is 311. The summed E-state index contributed by atoms with van der Waals surface area (Å²) in [5.41, 5.74) is -0.805. The fourth-order valence-corrected chi connectivity index (χ4v) is 2.46. The van der Waals surface area contributed by atoms with Crippen molar-refractivity contribution >= 4 is 5.91 Å². The van der Waals surface area contributed by atoms with E-state index in [-0.39, 0.29) is 5.91 Å². The molecule has 0 radical (unpaired) electrons. The molecule has 0 aromatic carbocycles. The van der Waals surface area contributed by atoms with Crippen molar-refractivity contribution in [1.29, 1.82) is 5.26 Å². The van der Waals surface area contributed by atoms with Crippen molar-refractivity contribution in [1.82, 2.24) is 4.90 Å². The Morgan fingerprint density at radius 1 is 1.33 bits per heavy atom. The van der Waals surface area contributed by atoms with Gasteiger partial charge in [0.1, 0.15) is 5.41 Å². The summed E-state index contributed by atoms with van der Waals surface area (Å²) in [5, 5.41) is 9.26. The highest BCUT2D eigenvalue weighted by Crippen LogP contribution is 2.46. The average molecular weight is 254 g/mol. The monoisotopic (exact) mass is 254 g/mol. The molecule has 5 nitrogen and oxygen atoms in total. The number of carbonyl (C=O) groups excluding carboxylic acids is 1. The lowest BCUT2D eigenvalue weighted by Gasteiger charge is -2.42. The van der Waals surface area contributed by atoms with E-state index in [1.54, 1.807) is 19.1 Å². The number of nitriles is 1. The average Bonchev–Trinajstić information content (AvgIpc) is 2.34. The van der Waals surface area contributed by atoms with E-state index in [0.717, 1.165) is 0 Å². The Morgan fingerprint density at radius 3 is 2.17 bits per heavy atom. The normalized spacial score (nSPS) is 26.2. The quantitative estimate of drug-likeness (QED) is 0.681. The van der Waals surface area contributed by atoms with Gasteiger partial charge >= 0.3 is 0 Å². The molecule has 1 aliphatic carbocycles. The first-order valence-corrected chi connectivity index (χ1v) is 6.28. The van der Waals surface area contributed by atoms with Crippen molar-refractivity contribution in [3.05, 3.63) is 0 Å². The highest BCUT2D eigenvalue weighted by molar-refractivity contribution is 5.86. The van der Waals surface area contributed by atoms with Crippen LogP contribution in [0.15, 0.2) is 0 Å². The number of hydrogen-bond acceptors (Lipinski definition) is 4. The summed E-state index contributed by atoms with van der Waals surface area (Å²) in [7, 11) is 3.20. The summed E-state index contributed by atoms with van der Waals surface area (Å²) in [6.45, 7) is 4.05. The van der Waals surface area contributed by atoms with Crippen LogP contribution in [0.5, 0.6) is 0 Å². The first kappa shape index (κ1) is 14.9. The standard InChI is InChI=1S/C13H22N2O3/c1-11-8-13(9-11,10-14)12(16)15(4-6-17-2)5-7-18-3/h11H,4-9H2,1-3H3. The Morgan fingerprint density at radius 2 is 1.83 bits per heavy atom. The van der Waals surface area contributed by atoms with Crippen LogP contribution >= 0.6 is 0 Å². The molecule has 1 amide bonds. The molecule has 0 spiro atoms. The van der Waals surface area contributed by atoms with Gasteiger partial charge in [0.25, 0.3) is 0 Å². The maximum absolute atomic E-state index is 12.4. The molecule has 0 saturated heterocycles. The molecule has 1 fully saturated rings. The highest BCUT2D eigenvalue weighted by Gasteiger charge is 2.50. The minimum absolute atomic E-state index is 0.0720. The Labute approximate surface area is 109 Å². The summed E-state index contributed by atoms with van der Waals surface area (Å²) in [6.07, 6.45) is 1.33. The predicted molar refractivity (Wildman–Crippen MR) is 66.8 cm³/mol. The first-order chi connectivity index (χ1) is 8.59. The van der Waals surface area contributed by atoms with Crippen LogP contribution in [0.1, 0.15) is 19.8 Å². The fraction of sp³-hybridized carbons (Fsp3) is 0.846. The van der Waals surface area contributed by atoms with Gasteiger partial charge in [0.2, 0.25) is 5.91 Å². The second kappa shape index (κ2) is 6.72. The number of amides is 1. The van der Waals surface area contributed by atoms with Gasteiger partial charge in [0.15, 0.2) is 0 Å². The van der Waals surface area contributed by atoms with E-state index in [1.165, 1.54) is 0 Å². The van der Waals surface area contributed by atoms with E-state index in [9.17, 15) is 10.1 Å². The molecule has 5 heteroatoms. The third kappa shape index (κ3) is 3.21. The largest absolute Gasteiger partial charge is 0.383 e. The van der Waals surface area contributed by atoms with Gasteiger partial charge in [-0.3, -0.25) is 4.79 Å². The Kier molecular flexibility index (Phi) is 5.57. The number of ether oxygens (including phenoxy) is 2. The van der Waals surface area contributed by atoms with Crippen molar-refractivity contribution in [2.24, 2.45) is 11.3 Å². The van der Waals surface area contributed by atoms with Crippen LogP contribution in [0.2, 0.25) is 0 Å². The van der Waals surface area contributed by atoms with E-state index in [2.05, 4.69) is 13.0 Å². The van der Waals surface area contributed by atoms with E-state index >= 15 is 0 Å². The summed E-state index contributed by atoms with van der Waals surface area (Å²) >= 11 is 0. The van der Waals surface area contributed by atoms with Crippen molar-refractivity contribution in [3.8, 4) is 6.07 Å². The number of rotatable bonds is 7. The molecule has 1 aliphatic rings. The zero-order chi connectivity index (χ0) is 13.6. The Hall–Kier alpha value is -1.12. The predicted octanol–water partition coefficient (Wildman–Crippen LogP) is 1.05. The SMILES string of the molecule is COCCN(CCOC)C(=O)C1(C#N)CC(C)C1. The van der Waals surface area contributed by atoms with Crippen LogP contribution in [-0.4, -0.2) is 51.3 Å². The topological polar surface area (TPSA) is 62.6 Å².